The fourth-order valence-corrected chi connectivity index (χ4v) is 6.71. The summed E-state index contributed by atoms with van der Waals surface area (Å²) in [5.41, 5.74) is 3.93. The number of amides is 1. The number of hydrogen-bond acceptors (Lipinski definition) is 3. The van der Waals surface area contributed by atoms with Crippen molar-refractivity contribution in [1.29, 1.82) is 0 Å². The van der Waals surface area contributed by atoms with E-state index in [1.807, 2.05) is 12.1 Å². The van der Waals surface area contributed by atoms with Gasteiger partial charge in [0.25, 0.3) is 5.91 Å². The van der Waals surface area contributed by atoms with E-state index in [1.54, 1.807) is 20.2 Å². The Morgan fingerprint density at radius 2 is 1.78 bits per heavy atom. The van der Waals surface area contributed by atoms with Crippen LogP contribution in [0, 0.1) is 11.8 Å². The minimum Gasteiger partial charge on any atom is -0.496 e. The summed E-state index contributed by atoms with van der Waals surface area (Å²) in [6, 6.07) is 12.9. The fourth-order valence-electron chi connectivity index (χ4n) is 6.45. The summed E-state index contributed by atoms with van der Waals surface area (Å²) in [6.45, 7) is 2.39. The first-order chi connectivity index (χ1) is 15.6. The lowest BCUT2D eigenvalue weighted by Crippen LogP contribution is -2.43. The predicted octanol–water partition coefficient (Wildman–Crippen LogP) is 5.74. The molecule has 1 N–H and O–H groups in total. The van der Waals surface area contributed by atoms with E-state index in [0.29, 0.717) is 16.5 Å². The molecule has 1 amide bonds. The van der Waals surface area contributed by atoms with Crippen LogP contribution in [0.4, 0.5) is 0 Å². The molecule has 0 aromatic heterocycles. The van der Waals surface area contributed by atoms with Gasteiger partial charge in [-0.3, -0.25) is 4.79 Å². The van der Waals surface area contributed by atoms with Crippen molar-refractivity contribution in [3.8, 4) is 16.9 Å². The third-order valence-corrected chi connectivity index (χ3v) is 8.46. The molecule has 4 nitrogen and oxygen atoms in total. The Kier molecular flexibility index (Phi) is 6.18. The lowest BCUT2D eigenvalue weighted by Gasteiger charge is -2.40. The van der Waals surface area contributed by atoms with E-state index in [2.05, 4.69) is 28.4 Å². The second-order valence-electron chi connectivity index (χ2n) is 9.78. The monoisotopic (exact) mass is 452 g/mol. The first kappa shape index (κ1) is 21.8. The quantitative estimate of drug-likeness (QED) is 0.628. The molecular formula is C27H33ClN2O2. The molecule has 0 radical (unpaired) electrons. The maximum absolute atomic E-state index is 12.0. The average Bonchev–Trinajstić information content (AvgIpc) is 3.47. The highest BCUT2D eigenvalue weighted by Gasteiger charge is 2.43. The summed E-state index contributed by atoms with van der Waals surface area (Å²) < 4.78 is 5.75. The number of hydrogen-bond donors (Lipinski definition) is 1. The number of likely N-dealkylation sites (tertiary alicyclic amines) is 1. The molecule has 3 fully saturated rings. The number of nitrogens with zero attached hydrogens (tertiary/aromatic N) is 1. The van der Waals surface area contributed by atoms with Crippen molar-refractivity contribution < 1.29 is 9.53 Å². The van der Waals surface area contributed by atoms with Gasteiger partial charge in [0, 0.05) is 13.1 Å². The number of rotatable bonds is 5. The molecule has 3 unspecified atom stereocenters. The van der Waals surface area contributed by atoms with Crippen molar-refractivity contribution >= 4 is 17.5 Å². The highest BCUT2D eigenvalue weighted by atomic mass is 35.5. The second kappa shape index (κ2) is 9.07. The number of methoxy groups -OCH3 is 1. The van der Waals surface area contributed by atoms with Gasteiger partial charge in [0.15, 0.2) is 0 Å². The van der Waals surface area contributed by atoms with Gasteiger partial charge < -0.3 is 15.0 Å². The molecule has 170 valence electrons. The van der Waals surface area contributed by atoms with Crippen LogP contribution in [-0.2, 0) is 0 Å². The highest BCUT2D eigenvalue weighted by Crippen LogP contribution is 2.48. The number of piperidine rings is 1. The molecule has 2 aromatic carbocycles. The van der Waals surface area contributed by atoms with E-state index in [9.17, 15) is 4.79 Å². The lowest BCUT2D eigenvalue weighted by molar-refractivity contribution is 0.0963. The summed E-state index contributed by atoms with van der Waals surface area (Å²) in [4.78, 5) is 14.8. The van der Waals surface area contributed by atoms with Gasteiger partial charge >= 0.3 is 0 Å². The maximum Gasteiger partial charge on any atom is 0.252 e. The van der Waals surface area contributed by atoms with Gasteiger partial charge in [-0.1, -0.05) is 30.2 Å². The van der Waals surface area contributed by atoms with Crippen LogP contribution in [0.3, 0.4) is 0 Å². The number of benzene rings is 2. The summed E-state index contributed by atoms with van der Waals surface area (Å²) in [5, 5.41) is 3.11. The average molecular weight is 453 g/mol. The Morgan fingerprint density at radius 1 is 1.03 bits per heavy atom. The molecule has 1 aliphatic heterocycles. The first-order valence-corrected chi connectivity index (χ1v) is 12.4. The van der Waals surface area contributed by atoms with Crippen LogP contribution in [0.2, 0.25) is 5.02 Å². The SMILES string of the molecule is CNC(=O)c1ccc(-c2ccc(OC)c(C3CCN(C4CC5CCC4C5)CC3)c2)cc1Cl. The third-order valence-electron chi connectivity index (χ3n) is 8.14. The Bertz CT molecular complexity index is 999. The van der Waals surface area contributed by atoms with Crippen molar-refractivity contribution in [2.45, 2.75) is 50.5 Å². The largest absolute Gasteiger partial charge is 0.496 e. The Labute approximate surface area is 196 Å². The minimum absolute atomic E-state index is 0.167. The standard InChI is InChI=1S/C27H33ClN2O2/c1-29-27(31)22-7-5-20(16-24(22)28)19-6-8-26(32-2)23(15-19)18-9-11-30(12-10-18)25-14-17-3-4-21(25)13-17/h5-8,15-18,21,25H,3-4,9-14H2,1-2H3,(H,29,31). The smallest absolute Gasteiger partial charge is 0.252 e. The Balaban J connectivity index is 1.34. The molecule has 3 atom stereocenters. The van der Waals surface area contributed by atoms with Gasteiger partial charge in [0.2, 0.25) is 0 Å². The van der Waals surface area contributed by atoms with Crippen LogP contribution >= 0.6 is 11.6 Å². The van der Waals surface area contributed by atoms with E-state index >= 15 is 0 Å². The molecule has 1 saturated heterocycles. The van der Waals surface area contributed by atoms with Crippen LogP contribution in [-0.4, -0.2) is 44.1 Å². The van der Waals surface area contributed by atoms with E-state index in [1.165, 1.54) is 57.2 Å². The van der Waals surface area contributed by atoms with Crippen molar-refractivity contribution in [1.82, 2.24) is 10.2 Å². The first-order valence-electron chi connectivity index (χ1n) is 12.0. The molecule has 0 spiro atoms. The maximum atomic E-state index is 12.0. The third kappa shape index (κ3) is 4.04. The van der Waals surface area contributed by atoms with Crippen LogP contribution < -0.4 is 10.1 Å². The van der Waals surface area contributed by atoms with Gasteiger partial charge in [0.1, 0.15) is 5.75 Å². The zero-order chi connectivity index (χ0) is 22.2. The van der Waals surface area contributed by atoms with E-state index in [0.717, 1.165) is 34.8 Å². The summed E-state index contributed by atoms with van der Waals surface area (Å²) >= 11 is 6.41. The summed E-state index contributed by atoms with van der Waals surface area (Å²) in [7, 11) is 3.38. The van der Waals surface area contributed by atoms with E-state index in [4.69, 9.17) is 16.3 Å². The van der Waals surface area contributed by atoms with Gasteiger partial charge in [-0.2, -0.15) is 0 Å². The van der Waals surface area contributed by atoms with Crippen molar-refractivity contribution in [2.75, 3.05) is 27.2 Å². The van der Waals surface area contributed by atoms with Crippen LogP contribution in [0.25, 0.3) is 11.1 Å². The molecule has 3 aliphatic rings. The Hall–Kier alpha value is -2.04. The topological polar surface area (TPSA) is 41.6 Å². The number of carbonyl (C=O) groups excluding carboxylic acids is 1. The Morgan fingerprint density at radius 3 is 2.41 bits per heavy atom. The number of halogens is 1. The van der Waals surface area contributed by atoms with Crippen molar-refractivity contribution in [3.63, 3.8) is 0 Å². The molecule has 5 rings (SSSR count). The molecule has 32 heavy (non-hydrogen) atoms. The number of fused-ring (bicyclic) bond motifs is 2. The van der Waals surface area contributed by atoms with E-state index < -0.39 is 0 Å². The number of carbonyl (C=O) groups is 1. The predicted molar refractivity (Wildman–Crippen MR) is 130 cm³/mol. The fraction of sp³-hybridized carbons (Fsp3) is 0.519. The van der Waals surface area contributed by atoms with Gasteiger partial charge in [-0.25, -0.2) is 0 Å². The van der Waals surface area contributed by atoms with Crippen molar-refractivity contribution in [3.05, 3.63) is 52.5 Å². The second-order valence-corrected chi connectivity index (χ2v) is 10.2. The lowest BCUT2D eigenvalue weighted by atomic mass is 9.85. The highest BCUT2D eigenvalue weighted by molar-refractivity contribution is 6.34. The zero-order valence-electron chi connectivity index (χ0n) is 19.1. The number of ether oxygens (including phenoxy) is 1. The van der Waals surface area contributed by atoms with Crippen LogP contribution in [0.15, 0.2) is 36.4 Å². The minimum atomic E-state index is -0.167. The number of nitrogens with one attached hydrogen (secondary N) is 1. The van der Waals surface area contributed by atoms with Gasteiger partial charge in [-0.05, 0) is 104 Å². The van der Waals surface area contributed by atoms with Crippen LogP contribution in [0.5, 0.6) is 5.75 Å². The molecule has 5 heteroatoms. The summed E-state index contributed by atoms with van der Waals surface area (Å²) in [5.74, 6) is 3.28. The molecule has 2 bridgehead atoms. The van der Waals surface area contributed by atoms with Gasteiger partial charge in [-0.15, -0.1) is 0 Å². The molecular weight excluding hydrogens is 420 g/mol. The van der Waals surface area contributed by atoms with E-state index in [-0.39, 0.29) is 5.91 Å². The molecule has 2 saturated carbocycles. The van der Waals surface area contributed by atoms with Gasteiger partial charge in [0.05, 0.1) is 17.7 Å². The summed E-state index contributed by atoms with van der Waals surface area (Å²) in [6.07, 6.45) is 8.19. The zero-order valence-corrected chi connectivity index (χ0v) is 19.8. The molecule has 2 aromatic rings. The normalized spacial score (nSPS) is 25.8. The molecule has 1 heterocycles. The van der Waals surface area contributed by atoms with Crippen molar-refractivity contribution in [2.24, 2.45) is 11.8 Å². The van der Waals surface area contributed by atoms with Crippen LogP contribution in [0.1, 0.15) is 60.4 Å². The molecule has 2 aliphatic carbocycles.